The highest BCUT2D eigenvalue weighted by Gasteiger charge is 2.41. The number of carbonyl (C=O) groups is 1. The van der Waals surface area contributed by atoms with E-state index in [0.717, 1.165) is 63.5 Å². The number of carboxylic acids is 1. The second-order valence-electron chi connectivity index (χ2n) is 7.76. The molecule has 0 aromatic rings. The Morgan fingerprint density at radius 3 is 2.68 bits per heavy atom. The minimum atomic E-state index is -0.784. The SMILES string of the molecule is O=C(O)CNCC1CCN(OCCCC2NC2C2CCNCC2)CC1. The van der Waals surface area contributed by atoms with Crippen LogP contribution in [0.15, 0.2) is 0 Å². The zero-order valence-electron chi connectivity index (χ0n) is 15.2. The standard InChI is InChI=1S/C18H34N4O3/c23-17(24)13-20-12-14-5-9-22(10-6-14)25-11-1-2-16-18(21-16)15-3-7-19-8-4-15/h14-16,18-21H,1-13H2,(H,23,24). The van der Waals surface area contributed by atoms with Gasteiger partial charge in [-0.25, -0.2) is 0 Å². The van der Waals surface area contributed by atoms with Gasteiger partial charge in [-0.15, -0.1) is 0 Å². The fourth-order valence-electron chi connectivity index (χ4n) is 4.25. The number of nitrogens with one attached hydrogen (secondary N) is 3. The lowest BCUT2D eigenvalue weighted by atomic mass is 9.92. The van der Waals surface area contributed by atoms with Crippen LogP contribution in [0.25, 0.3) is 0 Å². The van der Waals surface area contributed by atoms with E-state index in [-0.39, 0.29) is 6.54 Å². The molecule has 0 amide bonds. The molecule has 7 heteroatoms. The topological polar surface area (TPSA) is 95.8 Å². The fourth-order valence-corrected chi connectivity index (χ4v) is 4.25. The predicted molar refractivity (Wildman–Crippen MR) is 96.3 cm³/mol. The number of nitrogens with zero attached hydrogens (tertiary/aromatic N) is 1. The van der Waals surface area contributed by atoms with Crippen molar-refractivity contribution >= 4 is 5.97 Å². The number of piperidine rings is 2. The van der Waals surface area contributed by atoms with Crippen LogP contribution < -0.4 is 16.0 Å². The Balaban J connectivity index is 1.18. The Bertz CT molecular complexity index is 409. The number of hydroxylamine groups is 2. The molecule has 0 bridgehead atoms. The van der Waals surface area contributed by atoms with Crippen LogP contribution in [-0.2, 0) is 9.63 Å². The Morgan fingerprint density at radius 1 is 1.20 bits per heavy atom. The van der Waals surface area contributed by atoms with Crippen LogP contribution in [0.3, 0.4) is 0 Å². The van der Waals surface area contributed by atoms with E-state index in [9.17, 15) is 4.79 Å². The van der Waals surface area contributed by atoms with Crippen LogP contribution in [0, 0.1) is 11.8 Å². The number of hydrogen-bond donors (Lipinski definition) is 4. The molecule has 144 valence electrons. The van der Waals surface area contributed by atoms with Gasteiger partial charge in [-0.05, 0) is 70.0 Å². The van der Waals surface area contributed by atoms with Gasteiger partial charge in [0.15, 0.2) is 0 Å². The lowest BCUT2D eigenvalue weighted by Gasteiger charge is -2.31. The molecule has 3 saturated heterocycles. The van der Waals surface area contributed by atoms with Crippen molar-refractivity contribution in [3.05, 3.63) is 0 Å². The molecule has 3 aliphatic heterocycles. The van der Waals surface area contributed by atoms with E-state index in [0.29, 0.717) is 5.92 Å². The summed E-state index contributed by atoms with van der Waals surface area (Å²) in [5.41, 5.74) is 0. The molecule has 0 saturated carbocycles. The highest BCUT2D eigenvalue weighted by molar-refractivity contribution is 5.68. The quantitative estimate of drug-likeness (QED) is 0.334. The first-order chi connectivity index (χ1) is 12.2. The normalized spacial score (nSPS) is 29.0. The molecule has 0 aliphatic carbocycles. The number of carboxylic acid groups (broad SMARTS) is 1. The van der Waals surface area contributed by atoms with Crippen LogP contribution in [-0.4, -0.2) is 74.1 Å². The average Bonchev–Trinajstić information content (AvgIpc) is 3.40. The van der Waals surface area contributed by atoms with Crippen molar-refractivity contribution in [2.45, 2.75) is 50.6 Å². The lowest BCUT2D eigenvalue weighted by molar-refractivity contribution is -0.174. The summed E-state index contributed by atoms with van der Waals surface area (Å²) in [4.78, 5) is 16.4. The van der Waals surface area contributed by atoms with Gasteiger partial charge in [0.05, 0.1) is 13.2 Å². The second-order valence-corrected chi connectivity index (χ2v) is 7.76. The van der Waals surface area contributed by atoms with Crippen molar-refractivity contribution < 1.29 is 14.7 Å². The van der Waals surface area contributed by atoms with E-state index in [1.165, 1.54) is 32.4 Å². The third kappa shape index (κ3) is 6.49. The van der Waals surface area contributed by atoms with Crippen LogP contribution in [0.5, 0.6) is 0 Å². The van der Waals surface area contributed by atoms with E-state index in [1.54, 1.807) is 0 Å². The summed E-state index contributed by atoms with van der Waals surface area (Å²) >= 11 is 0. The van der Waals surface area contributed by atoms with E-state index in [4.69, 9.17) is 9.94 Å². The number of rotatable bonds is 10. The Morgan fingerprint density at radius 2 is 1.96 bits per heavy atom. The first-order valence-electron chi connectivity index (χ1n) is 9.99. The summed E-state index contributed by atoms with van der Waals surface area (Å²) in [5.74, 6) is 0.662. The molecule has 3 fully saturated rings. The minimum absolute atomic E-state index is 0.0598. The highest BCUT2D eigenvalue weighted by Crippen LogP contribution is 2.29. The van der Waals surface area contributed by atoms with Crippen LogP contribution >= 0.6 is 0 Å². The molecule has 4 N–H and O–H groups in total. The summed E-state index contributed by atoms with van der Waals surface area (Å²) < 4.78 is 0. The van der Waals surface area contributed by atoms with Crippen LogP contribution in [0.2, 0.25) is 0 Å². The molecule has 2 atom stereocenters. The molecule has 3 heterocycles. The van der Waals surface area contributed by atoms with Gasteiger partial charge in [-0.2, -0.15) is 5.06 Å². The zero-order valence-corrected chi connectivity index (χ0v) is 15.2. The first kappa shape index (κ1) is 19.0. The van der Waals surface area contributed by atoms with Gasteiger partial charge < -0.3 is 21.1 Å². The van der Waals surface area contributed by atoms with E-state index >= 15 is 0 Å². The maximum Gasteiger partial charge on any atom is 0.317 e. The monoisotopic (exact) mass is 354 g/mol. The van der Waals surface area contributed by atoms with Crippen LogP contribution in [0.1, 0.15) is 38.5 Å². The van der Waals surface area contributed by atoms with Crippen molar-refractivity contribution in [3.8, 4) is 0 Å². The van der Waals surface area contributed by atoms with Gasteiger partial charge in [0, 0.05) is 25.2 Å². The van der Waals surface area contributed by atoms with Gasteiger partial charge >= 0.3 is 5.97 Å². The highest BCUT2D eigenvalue weighted by atomic mass is 16.7. The molecule has 25 heavy (non-hydrogen) atoms. The molecule has 0 aromatic carbocycles. The van der Waals surface area contributed by atoms with Gasteiger partial charge in [0.25, 0.3) is 0 Å². The second kappa shape index (κ2) is 9.83. The molecule has 7 nitrogen and oxygen atoms in total. The van der Waals surface area contributed by atoms with Gasteiger partial charge in [-0.1, -0.05) is 0 Å². The third-order valence-corrected chi connectivity index (χ3v) is 5.84. The Hall–Kier alpha value is -0.730. The molecule has 0 spiro atoms. The first-order valence-corrected chi connectivity index (χ1v) is 9.99. The van der Waals surface area contributed by atoms with E-state index < -0.39 is 5.97 Å². The number of aliphatic carboxylic acids is 1. The molecule has 3 aliphatic rings. The van der Waals surface area contributed by atoms with Crippen LogP contribution in [0.4, 0.5) is 0 Å². The summed E-state index contributed by atoms with van der Waals surface area (Å²) in [6, 6.07) is 1.48. The zero-order chi connectivity index (χ0) is 17.5. The molecule has 3 rings (SSSR count). The summed E-state index contributed by atoms with van der Waals surface area (Å²) in [6.07, 6.45) is 7.15. The smallest absolute Gasteiger partial charge is 0.317 e. The Labute approximate surface area is 150 Å². The predicted octanol–water partition coefficient (Wildman–Crippen LogP) is 0.424. The molecular weight excluding hydrogens is 320 g/mol. The van der Waals surface area contributed by atoms with Crippen molar-refractivity contribution in [1.29, 1.82) is 0 Å². The van der Waals surface area contributed by atoms with Gasteiger partial charge in [-0.3, -0.25) is 9.63 Å². The minimum Gasteiger partial charge on any atom is -0.480 e. The van der Waals surface area contributed by atoms with Crippen molar-refractivity contribution in [2.24, 2.45) is 11.8 Å². The lowest BCUT2D eigenvalue weighted by Crippen LogP contribution is -2.38. The van der Waals surface area contributed by atoms with Gasteiger partial charge in [0.1, 0.15) is 0 Å². The summed E-state index contributed by atoms with van der Waals surface area (Å²) in [6.45, 7) is 5.95. The van der Waals surface area contributed by atoms with E-state index in [1.807, 2.05) is 0 Å². The van der Waals surface area contributed by atoms with Gasteiger partial charge in [0.2, 0.25) is 0 Å². The van der Waals surface area contributed by atoms with E-state index in [2.05, 4.69) is 21.0 Å². The average molecular weight is 354 g/mol. The maximum absolute atomic E-state index is 10.5. The van der Waals surface area contributed by atoms with Crippen molar-refractivity contribution in [2.75, 3.05) is 45.9 Å². The summed E-state index contributed by atoms with van der Waals surface area (Å²) in [7, 11) is 0. The Kier molecular flexibility index (Phi) is 7.49. The fraction of sp³-hybridized carbons (Fsp3) is 0.944. The number of hydrogen-bond acceptors (Lipinski definition) is 6. The molecule has 0 aromatic heterocycles. The summed E-state index contributed by atoms with van der Waals surface area (Å²) in [5, 5.41) is 20.8. The molecule has 0 radical (unpaired) electrons. The maximum atomic E-state index is 10.5. The largest absolute Gasteiger partial charge is 0.480 e. The van der Waals surface area contributed by atoms with Crippen molar-refractivity contribution in [3.63, 3.8) is 0 Å². The third-order valence-electron chi connectivity index (χ3n) is 5.84. The van der Waals surface area contributed by atoms with Crippen molar-refractivity contribution in [1.82, 2.24) is 21.0 Å². The molecule has 2 unspecified atom stereocenters. The molecular formula is C18H34N4O3.